The molecule has 102 valence electrons. The van der Waals surface area contributed by atoms with E-state index in [4.69, 9.17) is 4.74 Å². The number of imidazole rings is 1. The number of benzene rings is 1. The van der Waals surface area contributed by atoms with E-state index in [1.165, 1.54) is 4.90 Å². The summed E-state index contributed by atoms with van der Waals surface area (Å²) in [5.41, 5.74) is 1.65. The SMILES string of the molecule is CCOc1ccc2[nH]c(CSc3ccccc3)nc2n1. The molecule has 0 spiro atoms. The van der Waals surface area contributed by atoms with Crippen LogP contribution in [0.5, 0.6) is 5.88 Å². The van der Waals surface area contributed by atoms with Crippen LogP contribution in [0.3, 0.4) is 0 Å². The molecular weight excluding hydrogens is 270 g/mol. The Balaban J connectivity index is 1.75. The van der Waals surface area contributed by atoms with Crippen molar-refractivity contribution in [2.24, 2.45) is 0 Å². The van der Waals surface area contributed by atoms with E-state index in [1.807, 2.05) is 37.3 Å². The smallest absolute Gasteiger partial charge is 0.215 e. The van der Waals surface area contributed by atoms with Gasteiger partial charge in [0.25, 0.3) is 0 Å². The Morgan fingerprint density at radius 1 is 1.10 bits per heavy atom. The molecule has 0 aliphatic heterocycles. The highest BCUT2D eigenvalue weighted by molar-refractivity contribution is 7.98. The van der Waals surface area contributed by atoms with Gasteiger partial charge in [0.05, 0.1) is 17.9 Å². The van der Waals surface area contributed by atoms with Crippen LogP contribution in [0.25, 0.3) is 11.2 Å². The Morgan fingerprint density at radius 3 is 2.75 bits per heavy atom. The zero-order chi connectivity index (χ0) is 13.8. The van der Waals surface area contributed by atoms with Gasteiger partial charge >= 0.3 is 0 Å². The summed E-state index contributed by atoms with van der Waals surface area (Å²) in [5, 5.41) is 0. The van der Waals surface area contributed by atoms with Crippen molar-refractivity contribution in [2.75, 3.05) is 6.61 Å². The first-order valence-corrected chi connectivity index (χ1v) is 7.50. The quantitative estimate of drug-likeness (QED) is 0.727. The number of fused-ring (bicyclic) bond motifs is 1. The second-order valence-corrected chi connectivity index (χ2v) is 5.29. The lowest BCUT2D eigenvalue weighted by molar-refractivity contribution is 0.328. The molecule has 0 amide bonds. The van der Waals surface area contributed by atoms with Gasteiger partial charge in [0.1, 0.15) is 5.82 Å². The van der Waals surface area contributed by atoms with Crippen molar-refractivity contribution in [2.45, 2.75) is 17.6 Å². The highest BCUT2D eigenvalue weighted by Gasteiger charge is 2.06. The highest BCUT2D eigenvalue weighted by Crippen LogP contribution is 2.22. The van der Waals surface area contributed by atoms with E-state index < -0.39 is 0 Å². The molecular formula is C15H15N3OS. The Morgan fingerprint density at radius 2 is 1.95 bits per heavy atom. The minimum Gasteiger partial charge on any atom is -0.478 e. The van der Waals surface area contributed by atoms with E-state index in [9.17, 15) is 0 Å². The van der Waals surface area contributed by atoms with Crippen molar-refractivity contribution in [1.82, 2.24) is 15.0 Å². The number of ether oxygens (including phenoxy) is 1. The number of pyridine rings is 1. The number of H-pyrrole nitrogens is 1. The van der Waals surface area contributed by atoms with Crippen LogP contribution < -0.4 is 4.74 Å². The number of nitrogens with zero attached hydrogens (tertiary/aromatic N) is 2. The lowest BCUT2D eigenvalue weighted by Gasteiger charge is -1.99. The molecule has 2 aromatic heterocycles. The molecule has 4 nitrogen and oxygen atoms in total. The van der Waals surface area contributed by atoms with Gasteiger partial charge in [-0.25, -0.2) is 4.98 Å². The summed E-state index contributed by atoms with van der Waals surface area (Å²) >= 11 is 1.75. The Bertz CT molecular complexity index is 697. The van der Waals surface area contributed by atoms with E-state index in [-0.39, 0.29) is 0 Å². The predicted octanol–water partition coefficient (Wildman–Crippen LogP) is 3.65. The standard InChI is InChI=1S/C15H15N3OS/c1-2-19-14-9-8-12-15(18-14)17-13(16-12)10-20-11-6-4-3-5-7-11/h3-9H,2,10H2,1H3,(H,16,17,18). The second-order valence-electron chi connectivity index (χ2n) is 4.24. The fourth-order valence-electron chi connectivity index (χ4n) is 1.89. The number of rotatable bonds is 5. The first-order valence-electron chi connectivity index (χ1n) is 6.51. The van der Waals surface area contributed by atoms with Crippen LogP contribution in [0.15, 0.2) is 47.4 Å². The molecule has 2 heterocycles. The summed E-state index contributed by atoms with van der Waals surface area (Å²) < 4.78 is 5.38. The van der Waals surface area contributed by atoms with E-state index in [1.54, 1.807) is 11.8 Å². The minimum atomic E-state index is 0.611. The summed E-state index contributed by atoms with van der Waals surface area (Å²) in [6, 6.07) is 14.1. The first-order chi connectivity index (χ1) is 9.85. The lowest BCUT2D eigenvalue weighted by Crippen LogP contribution is -1.93. The van der Waals surface area contributed by atoms with E-state index in [0.717, 1.165) is 17.1 Å². The molecule has 0 aliphatic carbocycles. The molecule has 0 radical (unpaired) electrons. The van der Waals surface area contributed by atoms with E-state index >= 15 is 0 Å². The van der Waals surface area contributed by atoms with Gasteiger partial charge in [0.15, 0.2) is 5.65 Å². The van der Waals surface area contributed by atoms with Gasteiger partial charge in [-0.1, -0.05) is 18.2 Å². The monoisotopic (exact) mass is 285 g/mol. The largest absolute Gasteiger partial charge is 0.478 e. The number of thioether (sulfide) groups is 1. The molecule has 0 bridgehead atoms. The third kappa shape index (κ3) is 2.93. The maximum Gasteiger partial charge on any atom is 0.215 e. The van der Waals surface area contributed by atoms with Crippen LogP contribution >= 0.6 is 11.8 Å². The van der Waals surface area contributed by atoms with Gasteiger partial charge in [-0.05, 0) is 25.1 Å². The van der Waals surface area contributed by atoms with Crippen molar-refractivity contribution in [3.63, 3.8) is 0 Å². The van der Waals surface area contributed by atoms with Crippen LogP contribution in [0.2, 0.25) is 0 Å². The molecule has 20 heavy (non-hydrogen) atoms. The van der Waals surface area contributed by atoms with Crippen molar-refractivity contribution < 1.29 is 4.74 Å². The topological polar surface area (TPSA) is 50.8 Å². The molecule has 0 fully saturated rings. The van der Waals surface area contributed by atoms with Gasteiger partial charge < -0.3 is 9.72 Å². The number of hydrogen-bond acceptors (Lipinski definition) is 4. The fraction of sp³-hybridized carbons (Fsp3) is 0.200. The fourth-order valence-corrected chi connectivity index (χ4v) is 2.68. The molecule has 1 N–H and O–H groups in total. The zero-order valence-corrected chi connectivity index (χ0v) is 12.0. The summed E-state index contributed by atoms with van der Waals surface area (Å²) in [6.07, 6.45) is 0. The average Bonchev–Trinajstić information content (AvgIpc) is 2.89. The van der Waals surface area contributed by atoms with Gasteiger partial charge in [-0.2, -0.15) is 4.98 Å². The van der Waals surface area contributed by atoms with Gasteiger partial charge in [-0.15, -0.1) is 11.8 Å². The number of nitrogens with one attached hydrogen (secondary N) is 1. The van der Waals surface area contributed by atoms with Crippen molar-refractivity contribution >= 4 is 22.9 Å². The number of hydrogen-bond donors (Lipinski definition) is 1. The van der Waals surface area contributed by atoms with Gasteiger partial charge in [0, 0.05) is 11.0 Å². The van der Waals surface area contributed by atoms with Crippen LogP contribution in [0, 0.1) is 0 Å². The van der Waals surface area contributed by atoms with Crippen molar-refractivity contribution in [3.8, 4) is 5.88 Å². The van der Waals surface area contributed by atoms with Gasteiger partial charge in [-0.3, -0.25) is 0 Å². The summed E-state index contributed by atoms with van der Waals surface area (Å²) in [4.78, 5) is 13.4. The molecule has 3 rings (SSSR count). The van der Waals surface area contributed by atoms with Crippen LogP contribution in [0.1, 0.15) is 12.7 Å². The maximum absolute atomic E-state index is 5.38. The van der Waals surface area contributed by atoms with Gasteiger partial charge in [0.2, 0.25) is 5.88 Å². The molecule has 5 heteroatoms. The predicted molar refractivity (Wildman–Crippen MR) is 81.1 cm³/mol. The highest BCUT2D eigenvalue weighted by atomic mass is 32.2. The van der Waals surface area contributed by atoms with Crippen molar-refractivity contribution in [3.05, 3.63) is 48.3 Å². The third-order valence-electron chi connectivity index (χ3n) is 2.78. The maximum atomic E-state index is 5.38. The molecule has 0 saturated carbocycles. The average molecular weight is 285 g/mol. The van der Waals surface area contributed by atoms with E-state index in [2.05, 4.69) is 27.1 Å². The summed E-state index contributed by atoms with van der Waals surface area (Å²) in [7, 11) is 0. The molecule has 0 saturated heterocycles. The molecule has 0 unspecified atom stereocenters. The van der Waals surface area contributed by atoms with Crippen LogP contribution in [0.4, 0.5) is 0 Å². The van der Waals surface area contributed by atoms with Crippen molar-refractivity contribution in [1.29, 1.82) is 0 Å². The minimum absolute atomic E-state index is 0.611. The second kappa shape index (κ2) is 5.96. The van der Waals surface area contributed by atoms with Crippen LogP contribution in [-0.4, -0.2) is 21.6 Å². The summed E-state index contributed by atoms with van der Waals surface area (Å²) in [6.45, 7) is 2.55. The Kier molecular flexibility index (Phi) is 3.87. The van der Waals surface area contributed by atoms with E-state index in [0.29, 0.717) is 18.1 Å². The number of aromatic nitrogens is 3. The molecule has 0 aliphatic rings. The Labute approximate surface area is 121 Å². The molecule has 3 aromatic rings. The lowest BCUT2D eigenvalue weighted by atomic mass is 10.4. The first kappa shape index (κ1) is 13.0. The van der Waals surface area contributed by atoms with Crippen LogP contribution in [-0.2, 0) is 5.75 Å². The zero-order valence-electron chi connectivity index (χ0n) is 11.2. The normalized spacial score (nSPS) is 10.8. The molecule has 1 aromatic carbocycles. The Hall–Kier alpha value is -2.01. The molecule has 0 atom stereocenters. The number of aromatic amines is 1. The summed E-state index contributed by atoms with van der Waals surface area (Å²) in [5.74, 6) is 2.34. The third-order valence-corrected chi connectivity index (χ3v) is 3.80.